The summed E-state index contributed by atoms with van der Waals surface area (Å²) in [4.78, 5) is 71.1. The zero-order valence-corrected chi connectivity index (χ0v) is 44.9. The lowest BCUT2D eigenvalue weighted by Crippen LogP contribution is -2.51. The number of anilines is 3. The number of cyclic esters (lactones) is 1. The highest BCUT2D eigenvalue weighted by molar-refractivity contribution is 7.14. The number of alkyl halides is 3. The van der Waals surface area contributed by atoms with E-state index in [4.69, 9.17) is 36.5 Å². The lowest BCUT2D eigenvalue weighted by atomic mass is 9.95. The van der Waals surface area contributed by atoms with Crippen molar-refractivity contribution < 1.29 is 60.0 Å². The molecule has 6 aromatic rings. The molecule has 3 saturated heterocycles. The molecule has 11 rings (SSSR count). The Balaban J connectivity index is 0.00000364. The minimum absolute atomic E-state index is 0.0210. The Morgan fingerprint density at radius 3 is 2.46 bits per heavy atom. The number of rotatable bonds is 10. The average molecular weight is 1160 g/mol. The van der Waals surface area contributed by atoms with Gasteiger partial charge in [0.05, 0.1) is 60.9 Å². The van der Waals surface area contributed by atoms with Gasteiger partial charge >= 0.3 is 24.2 Å². The minimum atomic E-state index is -5.38. The summed E-state index contributed by atoms with van der Waals surface area (Å²) in [5.74, 6) is -4.19. The number of carbonyl (C=O) groups excluding carboxylic acids is 3. The third kappa shape index (κ3) is 9.86. The normalized spacial score (nSPS) is 18.2. The van der Waals surface area contributed by atoms with Crippen LogP contribution in [0.25, 0.3) is 45.1 Å². The number of benzene rings is 2. The van der Waals surface area contributed by atoms with Gasteiger partial charge in [-0.25, -0.2) is 27.7 Å². The van der Waals surface area contributed by atoms with Gasteiger partial charge in [-0.1, -0.05) is 44.7 Å². The maximum absolute atomic E-state index is 17.3. The van der Waals surface area contributed by atoms with Crippen molar-refractivity contribution >= 4 is 91.1 Å². The molecule has 5 aliphatic rings. The molecule has 4 aromatic heterocycles. The van der Waals surface area contributed by atoms with Crippen LogP contribution in [0.15, 0.2) is 59.9 Å². The van der Waals surface area contributed by atoms with E-state index in [1.807, 2.05) is 25.2 Å². The van der Waals surface area contributed by atoms with E-state index in [0.29, 0.717) is 5.56 Å². The lowest BCUT2D eigenvalue weighted by Gasteiger charge is -2.37. The van der Waals surface area contributed by atoms with Crippen molar-refractivity contribution in [1.29, 1.82) is 5.26 Å². The van der Waals surface area contributed by atoms with E-state index < -0.39 is 64.8 Å². The number of amides is 2. The molecule has 422 valence electrons. The smallest absolute Gasteiger partial charge is 0.430 e. The molecule has 0 bridgehead atoms. The number of halogens is 7. The molecule has 81 heavy (non-hydrogen) atoms. The Hall–Kier alpha value is -8.05. The topological polar surface area (TPSA) is 231 Å². The Morgan fingerprint density at radius 1 is 1.07 bits per heavy atom. The summed E-state index contributed by atoms with van der Waals surface area (Å²) < 4.78 is 109. The summed E-state index contributed by atoms with van der Waals surface area (Å²) in [5, 5.41) is 22.4. The molecule has 3 fully saturated rings. The number of aliphatic hydroxyl groups is 1. The standard InChI is InChI=1S/C53H43ClF6N10O8S.C2H6/c1-3-27(38-30(20-61)45(62)79-37(38)19-55)39-32(54)16-29-42(40(39)57)65-50(77-23-52-6-4-8-69(52)9-5-7-52)66-46(29)67-10-12-68(13-11-67)47(72)24(2)44(53(58,59)60)78-51(75)64-35-15-25-14-26-21-70-36(41(26)63-34(25)18-33(35)56)17-28-31(48(70)73)22-76-49(74)43(28)71;1-2/h3,14-19,43-44,71H,1-2,4-13,21-23,62H2,(H,64,75);1-2H3/b37-19-,38-27+;. The fourth-order valence-corrected chi connectivity index (χ4v) is 12.4. The third-order valence-electron chi connectivity index (χ3n) is 15.1. The van der Waals surface area contributed by atoms with Crippen molar-refractivity contribution in [2.24, 2.45) is 0 Å². The molecule has 0 radical (unpaired) electrons. The number of nitrogens with two attached hydrogens (primary N) is 1. The van der Waals surface area contributed by atoms with Crippen molar-refractivity contribution in [3.63, 3.8) is 0 Å². The molecular formula is C55H49ClF6N10O8S. The fraction of sp³-hybridized carbons (Fsp3) is 0.345. The number of aliphatic hydroxyl groups excluding tert-OH is 1. The van der Waals surface area contributed by atoms with E-state index in [-0.39, 0.29) is 150 Å². The molecular weight excluding hydrogens is 1110 g/mol. The van der Waals surface area contributed by atoms with E-state index in [9.17, 15) is 47.1 Å². The summed E-state index contributed by atoms with van der Waals surface area (Å²) in [7, 11) is 0. The largest absolute Gasteiger partial charge is 0.461 e. The van der Waals surface area contributed by atoms with Crippen LogP contribution in [-0.4, -0.2) is 116 Å². The number of fused-ring (bicyclic) bond motifs is 7. The quantitative estimate of drug-likeness (QED) is 0.0688. The van der Waals surface area contributed by atoms with E-state index in [1.165, 1.54) is 28.8 Å². The van der Waals surface area contributed by atoms with E-state index >= 15 is 8.78 Å². The number of thiophene rings is 1. The van der Waals surface area contributed by atoms with Gasteiger partial charge in [0.25, 0.3) is 11.5 Å². The van der Waals surface area contributed by atoms with Crippen LogP contribution in [0.2, 0.25) is 5.02 Å². The number of piperazine rings is 1. The van der Waals surface area contributed by atoms with Gasteiger partial charge in [0, 0.05) is 64.9 Å². The van der Waals surface area contributed by atoms with Crippen molar-refractivity contribution in [2.45, 2.75) is 76.6 Å². The number of carbonyl (C=O) groups is 3. The average Bonchev–Trinajstić information content (AvgIpc) is 4.41. The Morgan fingerprint density at radius 2 is 1.79 bits per heavy atom. The number of aromatic nitrogens is 4. The van der Waals surface area contributed by atoms with Crippen LogP contribution in [0.5, 0.6) is 6.01 Å². The first-order chi connectivity index (χ1) is 38.7. The van der Waals surface area contributed by atoms with Crippen molar-refractivity contribution in [2.75, 3.05) is 61.8 Å². The fourth-order valence-electron chi connectivity index (χ4n) is 11.3. The SMILES string of the molecule is C=C/C(c1c(Cl)cc2c(N3CCN(C(=O)C(=C)C(OC(=O)Nc4cc5cc6c(nc5cc4F)-c4cc5c(c(=O)n4C6)COC(=O)C5O)C(F)(F)F)CC3)nc(OCC34CCCN3CCC4)nc2c1F)=c1/c(C#N)c(N)s/c1=C\F.CC. The number of hydrogen-bond donors (Lipinski definition) is 3. The summed E-state index contributed by atoms with van der Waals surface area (Å²) in [5.41, 5.74) is 3.80. The number of nitrogens with zero attached hydrogens (tertiary/aromatic N) is 8. The Bertz CT molecular complexity index is 3910. The first-order valence-corrected chi connectivity index (χ1v) is 26.8. The number of allylic oxidation sites excluding steroid dienone is 1. The number of nitriles is 1. The van der Waals surface area contributed by atoms with Gasteiger partial charge in [0.1, 0.15) is 47.8 Å². The van der Waals surface area contributed by atoms with Gasteiger partial charge in [-0.2, -0.15) is 28.4 Å². The van der Waals surface area contributed by atoms with Gasteiger partial charge in [0.15, 0.2) is 11.9 Å². The molecule has 2 aromatic carbocycles. The van der Waals surface area contributed by atoms with Crippen LogP contribution >= 0.6 is 22.9 Å². The maximum atomic E-state index is 17.3. The van der Waals surface area contributed by atoms with Crippen LogP contribution in [0.1, 0.15) is 73.5 Å². The molecule has 4 N–H and O–H groups in total. The number of pyridine rings is 2. The van der Waals surface area contributed by atoms with E-state index in [1.54, 1.807) is 4.90 Å². The zero-order valence-electron chi connectivity index (χ0n) is 43.3. The summed E-state index contributed by atoms with van der Waals surface area (Å²) in [6, 6.07) is 8.04. The molecule has 26 heteroatoms. The predicted octanol–water partition coefficient (Wildman–Crippen LogP) is 7.42. The molecule has 0 saturated carbocycles. The molecule has 2 atom stereocenters. The summed E-state index contributed by atoms with van der Waals surface area (Å²) >= 11 is 7.62. The summed E-state index contributed by atoms with van der Waals surface area (Å²) in [6.45, 7) is 12.1. The second-order valence-electron chi connectivity index (χ2n) is 19.5. The Labute approximate surface area is 465 Å². The molecule has 5 aliphatic heterocycles. The van der Waals surface area contributed by atoms with Gasteiger partial charge in [-0.15, -0.1) is 11.3 Å². The van der Waals surface area contributed by atoms with Crippen LogP contribution < -0.4 is 36.0 Å². The minimum Gasteiger partial charge on any atom is -0.461 e. The molecule has 0 aliphatic carbocycles. The van der Waals surface area contributed by atoms with Gasteiger partial charge in [0.2, 0.25) is 6.10 Å². The molecule has 18 nitrogen and oxygen atoms in total. The van der Waals surface area contributed by atoms with Crippen LogP contribution in [-0.2, 0) is 32.2 Å². The zero-order chi connectivity index (χ0) is 58.0. The number of ether oxygens (including phenoxy) is 3. The van der Waals surface area contributed by atoms with Crippen molar-refractivity contribution in [3.8, 4) is 23.5 Å². The van der Waals surface area contributed by atoms with Crippen LogP contribution in [0.3, 0.4) is 0 Å². The molecule has 9 heterocycles. The van der Waals surface area contributed by atoms with Crippen LogP contribution in [0, 0.1) is 23.0 Å². The van der Waals surface area contributed by atoms with E-state index in [2.05, 4.69) is 28.0 Å². The highest BCUT2D eigenvalue weighted by Crippen LogP contribution is 2.42. The molecule has 0 spiro atoms. The molecule has 2 unspecified atom stereocenters. The highest BCUT2D eigenvalue weighted by Gasteiger charge is 2.49. The molecule has 2 amide bonds. The lowest BCUT2D eigenvalue weighted by molar-refractivity contribution is -0.192. The van der Waals surface area contributed by atoms with Crippen molar-refractivity contribution in [1.82, 2.24) is 29.3 Å². The number of nitrogen functional groups attached to an aromatic ring is 1. The van der Waals surface area contributed by atoms with Crippen LogP contribution in [0.4, 0.5) is 47.6 Å². The second-order valence-corrected chi connectivity index (χ2v) is 21.0. The number of nitrogens with one attached hydrogen (secondary N) is 1. The maximum Gasteiger partial charge on any atom is 0.430 e. The van der Waals surface area contributed by atoms with Crippen molar-refractivity contribution in [3.05, 3.63) is 120 Å². The summed E-state index contributed by atoms with van der Waals surface area (Å²) in [6.07, 6.45) is -7.01. The monoisotopic (exact) mass is 1160 g/mol. The van der Waals surface area contributed by atoms with Gasteiger partial charge < -0.3 is 39.4 Å². The van der Waals surface area contributed by atoms with E-state index in [0.717, 1.165) is 67.1 Å². The third-order valence-corrected chi connectivity index (χ3v) is 16.4. The second kappa shape index (κ2) is 21.8. The number of hydrogen-bond acceptors (Lipinski definition) is 16. The predicted molar refractivity (Wildman–Crippen MR) is 288 cm³/mol. The highest BCUT2D eigenvalue weighted by atomic mass is 35.5. The number of esters is 1. The van der Waals surface area contributed by atoms with Gasteiger partial charge in [-0.3, -0.25) is 19.8 Å². The van der Waals surface area contributed by atoms with Gasteiger partial charge in [-0.05, 0) is 68.6 Å². The first-order valence-electron chi connectivity index (χ1n) is 25.6. The first kappa shape index (κ1) is 56.2. The Kier molecular flexibility index (Phi) is 15.1.